The molecule has 2 heterocycles. The third kappa shape index (κ3) is 7.77. The number of carboxylic acids is 1. The van der Waals surface area contributed by atoms with Crippen molar-refractivity contribution >= 4 is 35.5 Å². The Kier molecular flexibility index (Phi) is 11.8. The van der Waals surface area contributed by atoms with Crippen LogP contribution in [0.2, 0.25) is 0 Å². The second-order valence-corrected chi connectivity index (χ2v) is 11.6. The number of ether oxygens (including phenoxy) is 1. The Labute approximate surface area is 253 Å². The molecule has 12 heteroatoms. The predicted molar refractivity (Wildman–Crippen MR) is 155 cm³/mol. The summed E-state index contributed by atoms with van der Waals surface area (Å²) in [4.78, 5) is 51.8. The van der Waals surface area contributed by atoms with Gasteiger partial charge < -0.3 is 9.84 Å². The molecular weight excluding hydrogens is 585 g/mol. The van der Waals surface area contributed by atoms with Gasteiger partial charge in [-0.15, -0.1) is 11.8 Å². The fraction of sp³-hybridized carbons (Fsp3) is 0.484. The Balaban J connectivity index is 0.000000646. The van der Waals surface area contributed by atoms with Gasteiger partial charge in [0.1, 0.15) is 5.54 Å². The van der Waals surface area contributed by atoms with E-state index in [0.717, 1.165) is 16.9 Å². The van der Waals surface area contributed by atoms with Gasteiger partial charge in [0.2, 0.25) is 11.8 Å². The molecule has 0 bridgehead atoms. The van der Waals surface area contributed by atoms with Gasteiger partial charge in [0, 0.05) is 23.9 Å². The van der Waals surface area contributed by atoms with Gasteiger partial charge in [-0.3, -0.25) is 24.6 Å². The Morgan fingerprint density at radius 2 is 1.63 bits per heavy atom. The molecule has 2 amide bonds. The van der Waals surface area contributed by atoms with Crippen molar-refractivity contribution in [2.24, 2.45) is 11.8 Å². The molecule has 0 aromatic heterocycles. The van der Waals surface area contributed by atoms with E-state index in [1.807, 2.05) is 54.2 Å². The number of imide groups is 1. The summed E-state index contributed by atoms with van der Waals surface area (Å²) < 4.78 is 37.0. The maximum absolute atomic E-state index is 13.5. The van der Waals surface area contributed by atoms with Crippen LogP contribution in [-0.4, -0.2) is 64.9 Å². The molecule has 2 aliphatic rings. The van der Waals surface area contributed by atoms with E-state index in [0.29, 0.717) is 0 Å². The molecule has 2 saturated heterocycles. The van der Waals surface area contributed by atoms with Crippen molar-refractivity contribution in [2.45, 2.75) is 68.6 Å². The third-order valence-electron chi connectivity index (χ3n) is 7.69. The van der Waals surface area contributed by atoms with Crippen molar-refractivity contribution < 1.29 is 42.2 Å². The van der Waals surface area contributed by atoms with Gasteiger partial charge in [0.05, 0.1) is 18.9 Å². The quantitative estimate of drug-likeness (QED) is 0.148. The molecule has 4 atom stereocenters. The third-order valence-corrected chi connectivity index (χ3v) is 8.78. The smallest absolute Gasteiger partial charge is 0.475 e. The van der Waals surface area contributed by atoms with Crippen LogP contribution >= 0.6 is 11.8 Å². The standard InChI is InChI=1S/C29H36N2O4S.C2HF3O2/c1-4-6-7-11-18-36-22-16-14-21(15-17-22)25-23-24(27(33)31(5-2)26(23)32)29(30-25,28(34)35-3)19-20-12-9-8-10-13-20;3-2(4,5)1(6)7/h8-10,12-17,23-25,30H,4-7,11,18-19H2,1-3H3;(H,6,7)/t23-,24-,25-,29-;/m1./s1. The minimum atomic E-state index is -5.08. The number of hydrogen-bond acceptors (Lipinski definition) is 7. The molecule has 2 aromatic rings. The summed E-state index contributed by atoms with van der Waals surface area (Å²) in [5, 5.41) is 10.6. The maximum Gasteiger partial charge on any atom is 0.490 e. The van der Waals surface area contributed by atoms with E-state index >= 15 is 0 Å². The van der Waals surface area contributed by atoms with Crippen molar-refractivity contribution in [2.75, 3.05) is 19.4 Å². The molecule has 0 radical (unpaired) electrons. The summed E-state index contributed by atoms with van der Waals surface area (Å²) in [6.45, 7) is 4.29. The van der Waals surface area contributed by atoms with Crippen molar-refractivity contribution in [1.29, 1.82) is 0 Å². The fourth-order valence-corrected chi connectivity index (χ4v) is 6.59. The number of carbonyl (C=O) groups excluding carboxylic acids is 3. The zero-order valence-corrected chi connectivity index (χ0v) is 25.2. The van der Waals surface area contributed by atoms with Crippen LogP contribution in [0.1, 0.15) is 56.7 Å². The zero-order chi connectivity index (χ0) is 31.8. The predicted octanol–water partition coefficient (Wildman–Crippen LogP) is 5.41. The molecule has 0 saturated carbocycles. The average molecular weight is 623 g/mol. The van der Waals surface area contributed by atoms with Crippen LogP contribution in [0.4, 0.5) is 13.2 Å². The molecule has 0 aliphatic carbocycles. The summed E-state index contributed by atoms with van der Waals surface area (Å²) in [6, 6.07) is 17.3. The molecule has 0 spiro atoms. The normalized spacial score (nSPS) is 23.0. The first-order chi connectivity index (χ1) is 20.4. The average Bonchev–Trinajstić information content (AvgIpc) is 3.46. The lowest BCUT2D eigenvalue weighted by Crippen LogP contribution is -2.57. The van der Waals surface area contributed by atoms with Crippen LogP contribution < -0.4 is 5.32 Å². The molecule has 8 nitrogen and oxygen atoms in total. The lowest BCUT2D eigenvalue weighted by Gasteiger charge is -2.32. The van der Waals surface area contributed by atoms with E-state index in [4.69, 9.17) is 14.6 Å². The molecule has 43 heavy (non-hydrogen) atoms. The molecule has 0 unspecified atom stereocenters. The highest BCUT2D eigenvalue weighted by Crippen LogP contribution is 2.50. The monoisotopic (exact) mass is 622 g/mol. The number of unbranched alkanes of at least 4 members (excludes halogenated alkanes) is 3. The number of halogens is 3. The van der Waals surface area contributed by atoms with Crippen molar-refractivity contribution in [1.82, 2.24) is 10.2 Å². The van der Waals surface area contributed by atoms with Crippen LogP contribution in [0, 0.1) is 11.8 Å². The number of carbonyl (C=O) groups is 4. The number of fused-ring (bicyclic) bond motifs is 1. The van der Waals surface area contributed by atoms with E-state index in [-0.39, 0.29) is 24.8 Å². The molecule has 4 rings (SSSR count). The highest BCUT2D eigenvalue weighted by atomic mass is 32.2. The molecule has 2 aliphatic heterocycles. The van der Waals surface area contributed by atoms with Crippen LogP contribution in [0.3, 0.4) is 0 Å². The summed E-state index contributed by atoms with van der Waals surface area (Å²) >= 11 is 1.83. The minimum absolute atomic E-state index is 0.224. The number of aliphatic carboxylic acids is 1. The number of thioether (sulfide) groups is 1. The molecule has 2 aromatic carbocycles. The number of amides is 2. The second kappa shape index (κ2) is 14.9. The number of methoxy groups -OCH3 is 1. The van der Waals surface area contributed by atoms with E-state index in [1.54, 1.807) is 6.92 Å². The SMILES string of the molecule is CCCCCCSc1ccc([C@H]2N[C@@](Cc3ccccc3)(C(=O)OC)[C@H]3C(=O)N(CC)C(=O)[C@@H]23)cc1.O=C(O)C(F)(F)F. The van der Waals surface area contributed by atoms with Gasteiger partial charge in [0.25, 0.3) is 0 Å². The number of alkyl halides is 3. The molecule has 2 N–H and O–H groups in total. The highest BCUT2D eigenvalue weighted by Gasteiger charge is 2.68. The number of nitrogens with one attached hydrogen (secondary N) is 1. The van der Waals surface area contributed by atoms with Crippen molar-refractivity contribution in [3.05, 3.63) is 65.7 Å². The Hall–Kier alpha value is -3.38. The summed E-state index contributed by atoms with van der Waals surface area (Å²) in [6.07, 6.45) is 0.114. The van der Waals surface area contributed by atoms with Crippen LogP contribution in [0.25, 0.3) is 0 Å². The first-order valence-electron chi connectivity index (χ1n) is 14.2. The Morgan fingerprint density at radius 1 is 1.00 bits per heavy atom. The number of carboxylic acid groups (broad SMARTS) is 1. The summed E-state index contributed by atoms with van der Waals surface area (Å²) in [5.41, 5.74) is 0.479. The zero-order valence-electron chi connectivity index (χ0n) is 24.4. The lowest BCUT2D eigenvalue weighted by molar-refractivity contribution is -0.192. The number of benzene rings is 2. The number of esters is 1. The van der Waals surface area contributed by atoms with Gasteiger partial charge in [0.15, 0.2) is 0 Å². The van der Waals surface area contributed by atoms with Gasteiger partial charge >= 0.3 is 18.1 Å². The number of likely N-dealkylation sites (tertiary alicyclic amines) is 1. The second-order valence-electron chi connectivity index (χ2n) is 10.5. The van der Waals surface area contributed by atoms with Gasteiger partial charge in [-0.2, -0.15) is 13.2 Å². The van der Waals surface area contributed by atoms with Crippen LogP contribution in [0.5, 0.6) is 0 Å². The van der Waals surface area contributed by atoms with E-state index in [1.165, 1.54) is 42.6 Å². The van der Waals surface area contributed by atoms with Gasteiger partial charge in [-0.25, -0.2) is 4.79 Å². The number of hydrogen-bond donors (Lipinski definition) is 2. The molecular formula is C31H37F3N2O6S. The topological polar surface area (TPSA) is 113 Å². The lowest BCUT2D eigenvalue weighted by atomic mass is 9.76. The first-order valence-corrected chi connectivity index (χ1v) is 15.2. The largest absolute Gasteiger partial charge is 0.490 e. The summed E-state index contributed by atoms with van der Waals surface area (Å²) in [5.74, 6) is -4.20. The van der Waals surface area contributed by atoms with E-state index in [9.17, 15) is 27.6 Å². The minimum Gasteiger partial charge on any atom is -0.475 e. The number of rotatable bonds is 11. The van der Waals surface area contributed by atoms with E-state index in [2.05, 4.69) is 24.4 Å². The summed E-state index contributed by atoms with van der Waals surface area (Å²) in [7, 11) is 1.34. The molecule has 2 fully saturated rings. The first kappa shape index (κ1) is 34.1. The van der Waals surface area contributed by atoms with Crippen LogP contribution in [-0.2, 0) is 30.3 Å². The van der Waals surface area contributed by atoms with Crippen LogP contribution in [0.15, 0.2) is 59.5 Å². The molecule has 234 valence electrons. The van der Waals surface area contributed by atoms with Gasteiger partial charge in [-0.05, 0) is 42.4 Å². The van der Waals surface area contributed by atoms with Gasteiger partial charge in [-0.1, -0.05) is 68.7 Å². The van der Waals surface area contributed by atoms with E-state index < -0.39 is 41.5 Å². The maximum atomic E-state index is 13.5. The van der Waals surface area contributed by atoms with Crippen molar-refractivity contribution in [3.8, 4) is 0 Å². The number of nitrogens with zero attached hydrogens (tertiary/aromatic N) is 1. The van der Waals surface area contributed by atoms with Crippen molar-refractivity contribution in [3.63, 3.8) is 0 Å². The Bertz CT molecular complexity index is 1270. The fourth-order valence-electron chi connectivity index (χ4n) is 5.67. The highest BCUT2D eigenvalue weighted by molar-refractivity contribution is 7.99. The Morgan fingerprint density at radius 3 is 2.16 bits per heavy atom.